The van der Waals surface area contributed by atoms with Crippen LogP contribution in [0.15, 0.2) is 57.3 Å². The zero-order chi connectivity index (χ0) is 24.0. The van der Waals surface area contributed by atoms with E-state index in [0.717, 1.165) is 17.7 Å². The topological polar surface area (TPSA) is 92.5 Å². The van der Waals surface area contributed by atoms with Gasteiger partial charge in [0.05, 0.1) is 0 Å². The summed E-state index contributed by atoms with van der Waals surface area (Å²) in [5.41, 5.74) is 1.59. The van der Waals surface area contributed by atoms with Gasteiger partial charge in [0.25, 0.3) is 0 Å². The first-order chi connectivity index (χ1) is 16.4. The van der Waals surface area contributed by atoms with Crippen LogP contribution in [-0.2, 0) is 21.2 Å². The van der Waals surface area contributed by atoms with Crippen molar-refractivity contribution in [2.45, 2.75) is 37.5 Å². The van der Waals surface area contributed by atoms with E-state index in [-0.39, 0.29) is 22.5 Å². The van der Waals surface area contributed by atoms with E-state index in [9.17, 15) is 13.2 Å². The average Bonchev–Trinajstić information content (AvgIpc) is 3.51. The number of aryl methyl sites for hydroxylation is 2. The Balaban J connectivity index is 1.31. The molecule has 0 atom stereocenters. The van der Waals surface area contributed by atoms with Crippen molar-refractivity contribution in [2.24, 2.45) is 5.92 Å². The van der Waals surface area contributed by atoms with Crippen LogP contribution in [-0.4, -0.2) is 43.4 Å². The number of rotatable bonds is 9. The molecule has 1 aliphatic heterocycles. The summed E-state index contributed by atoms with van der Waals surface area (Å²) in [6.07, 6.45) is 6.24. The average molecular weight is 500 g/mol. The number of carbonyl (C=O) groups is 1. The molecule has 0 saturated carbocycles. The molecule has 2 aromatic heterocycles. The number of piperidine rings is 1. The van der Waals surface area contributed by atoms with Gasteiger partial charge in [-0.05, 0) is 61.8 Å². The smallest absolute Gasteiger partial charge is 0.248 e. The maximum absolute atomic E-state index is 13.4. The van der Waals surface area contributed by atoms with E-state index < -0.39 is 10.0 Å². The highest BCUT2D eigenvalue weighted by molar-refractivity contribution is 7.89. The van der Waals surface area contributed by atoms with E-state index in [1.165, 1.54) is 9.87 Å². The predicted molar refractivity (Wildman–Crippen MR) is 134 cm³/mol. The Labute approximate surface area is 204 Å². The fraction of sp³-hybridized carbons (Fsp3) is 0.360. The van der Waals surface area contributed by atoms with Gasteiger partial charge in [0.1, 0.15) is 5.69 Å². The Morgan fingerprint density at radius 2 is 1.94 bits per heavy atom. The van der Waals surface area contributed by atoms with Crippen molar-refractivity contribution in [3.8, 4) is 0 Å². The first-order valence-corrected chi connectivity index (χ1v) is 13.8. The molecule has 1 aliphatic rings. The molecule has 4 rings (SSSR count). The lowest BCUT2D eigenvalue weighted by Gasteiger charge is -2.30. The molecule has 9 heteroatoms. The van der Waals surface area contributed by atoms with Crippen LogP contribution in [0.4, 0.5) is 0 Å². The normalized spacial score (nSPS) is 15.7. The first kappa shape index (κ1) is 24.4. The lowest BCUT2D eigenvalue weighted by Crippen LogP contribution is -2.43. The second kappa shape index (κ2) is 11.1. The van der Waals surface area contributed by atoms with Crippen LogP contribution in [0, 0.1) is 12.8 Å². The van der Waals surface area contributed by atoms with E-state index in [0.29, 0.717) is 38.2 Å². The van der Waals surface area contributed by atoms with Gasteiger partial charge < -0.3 is 9.84 Å². The van der Waals surface area contributed by atoms with Crippen LogP contribution in [0.3, 0.4) is 0 Å². The van der Waals surface area contributed by atoms with Gasteiger partial charge in [-0.1, -0.05) is 41.6 Å². The van der Waals surface area contributed by atoms with Crippen molar-refractivity contribution in [2.75, 3.05) is 19.6 Å². The van der Waals surface area contributed by atoms with Crippen molar-refractivity contribution >= 4 is 39.4 Å². The van der Waals surface area contributed by atoms with Crippen LogP contribution < -0.4 is 5.32 Å². The number of nitrogens with zero attached hydrogens (tertiary/aromatic N) is 2. The molecule has 3 aromatic rings. The van der Waals surface area contributed by atoms with Gasteiger partial charge in [-0.15, -0.1) is 11.3 Å². The second-order valence-corrected chi connectivity index (χ2v) is 11.2. The highest BCUT2D eigenvalue weighted by Gasteiger charge is 2.35. The Morgan fingerprint density at radius 1 is 1.18 bits per heavy atom. The number of thiophene rings is 1. The lowest BCUT2D eigenvalue weighted by molar-refractivity contribution is -0.126. The largest absolute Gasteiger partial charge is 0.356 e. The fourth-order valence-corrected chi connectivity index (χ4v) is 6.46. The molecule has 1 amide bonds. The molecular formula is C25H29N3O4S2. The van der Waals surface area contributed by atoms with E-state index in [2.05, 4.69) is 22.6 Å². The molecular weight excluding hydrogens is 470 g/mol. The number of benzene rings is 1. The van der Waals surface area contributed by atoms with Crippen LogP contribution in [0.2, 0.25) is 0 Å². The van der Waals surface area contributed by atoms with Crippen LogP contribution in [0.5, 0.6) is 0 Å². The van der Waals surface area contributed by atoms with Gasteiger partial charge >= 0.3 is 0 Å². The number of hydrogen-bond acceptors (Lipinski definition) is 6. The van der Waals surface area contributed by atoms with Crippen LogP contribution in [0.1, 0.15) is 41.2 Å². The molecule has 1 aromatic carbocycles. The summed E-state index contributed by atoms with van der Waals surface area (Å²) >= 11 is 1.55. The summed E-state index contributed by atoms with van der Waals surface area (Å²) in [6, 6.07) is 14.1. The molecule has 1 saturated heterocycles. The number of amides is 1. The molecule has 3 heterocycles. The predicted octanol–water partition coefficient (Wildman–Crippen LogP) is 4.36. The fourth-order valence-electron chi connectivity index (χ4n) is 4.12. The van der Waals surface area contributed by atoms with E-state index >= 15 is 0 Å². The SMILES string of the molecule is Cc1noc(/C=C/c2cccs2)c1S(=O)(=O)N1CCC(C(=O)NCCCc2ccccc2)CC1. The van der Waals surface area contributed by atoms with Crippen molar-refractivity contribution in [3.05, 3.63) is 69.7 Å². The van der Waals surface area contributed by atoms with Crippen molar-refractivity contribution in [3.63, 3.8) is 0 Å². The highest BCUT2D eigenvalue weighted by atomic mass is 32.2. The molecule has 34 heavy (non-hydrogen) atoms. The van der Waals surface area contributed by atoms with Gasteiger partial charge in [-0.2, -0.15) is 4.31 Å². The second-order valence-electron chi connectivity index (χ2n) is 8.37. The number of aromatic nitrogens is 1. The molecule has 0 bridgehead atoms. The molecule has 0 spiro atoms. The summed E-state index contributed by atoms with van der Waals surface area (Å²) in [7, 11) is -3.77. The molecule has 180 valence electrons. The van der Waals surface area contributed by atoms with Gasteiger partial charge in [0.15, 0.2) is 10.7 Å². The van der Waals surface area contributed by atoms with Gasteiger partial charge in [0, 0.05) is 30.4 Å². The third-order valence-electron chi connectivity index (χ3n) is 5.98. The maximum atomic E-state index is 13.4. The monoisotopic (exact) mass is 499 g/mol. The third-order valence-corrected chi connectivity index (χ3v) is 8.88. The summed E-state index contributed by atoms with van der Waals surface area (Å²) in [4.78, 5) is 13.7. The van der Waals surface area contributed by atoms with Crippen molar-refractivity contribution < 1.29 is 17.7 Å². The molecule has 0 unspecified atom stereocenters. The molecule has 7 nitrogen and oxygen atoms in total. The molecule has 0 aliphatic carbocycles. The Kier molecular flexibility index (Phi) is 7.97. The Morgan fingerprint density at radius 3 is 2.65 bits per heavy atom. The summed E-state index contributed by atoms with van der Waals surface area (Å²) in [5, 5.41) is 8.85. The Hall–Kier alpha value is -2.75. The Bertz CT molecular complexity index is 1210. The van der Waals surface area contributed by atoms with Gasteiger partial charge in [0.2, 0.25) is 15.9 Å². The standard InChI is InChI=1S/C25H29N3O4S2/c1-19-24(23(32-27-19)12-11-22-10-6-18-33-22)34(30,31)28-16-13-21(14-17-28)25(29)26-15-5-9-20-7-3-2-4-8-20/h2-4,6-8,10-12,18,21H,5,9,13-17H2,1H3,(H,26,29)/b12-11+. The zero-order valence-electron chi connectivity index (χ0n) is 19.1. The van der Waals surface area contributed by atoms with E-state index in [1.807, 2.05) is 41.8 Å². The van der Waals surface area contributed by atoms with Crippen LogP contribution >= 0.6 is 11.3 Å². The maximum Gasteiger partial charge on any atom is 0.248 e. The number of nitrogens with one attached hydrogen (secondary N) is 1. The summed E-state index contributed by atoms with van der Waals surface area (Å²) in [6.45, 7) is 2.84. The zero-order valence-corrected chi connectivity index (χ0v) is 20.8. The first-order valence-electron chi connectivity index (χ1n) is 11.4. The van der Waals surface area contributed by atoms with Crippen LogP contribution in [0.25, 0.3) is 12.2 Å². The molecule has 0 radical (unpaired) electrons. The quantitative estimate of drug-likeness (QED) is 0.442. The third kappa shape index (κ3) is 5.84. The minimum Gasteiger partial charge on any atom is -0.356 e. The number of carbonyl (C=O) groups excluding carboxylic acids is 1. The lowest BCUT2D eigenvalue weighted by atomic mass is 9.97. The van der Waals surface area contributed by atoms with Gasteiger partial charge in [-0.3, -0.25) is 4.79 Å². The van der Waals surface area contributed by atoms with Gasteiger partial charge in [-0.25, -0.2) is 8.42 Å². The van der Waals surface area contributed by atoms with Crippen molar-refractivity contribution in [1.29, 1.82) is 0 Å². The molecule has 1 fully saturated rings. The minimum atomic E-state index is -3.77. The number of sulfonamides is 1. The minimum absolute atomic E-state index is 0.00541. The van der Waals surface area contributed by atoms with E-state index in [1.54, 1.807) is 24.3 Å². The summed E-state index contributed by atoms with van der Waals surface area (Å²) < 4.78 is 33.5. The number of hydrogen-bond donors (Lipinski definition) is 1. The molecule has 1 N–H and O–H groups in total. The van der Waals surface area contributed by atoms with Crippen molar-refractivity contribution in [1.82, 2.24) is 14.8 Å². The summed E-state index contributed by atoms with van der Waals surface area (Å²) in [5.74, 6) is 0.0555. The highest BCUT2D eigenvalue weighted by Crippen LogP contribution is 2.29. The van der Waals surface area contributed by atoms with E-state index in [4.69, 9.17) is 4.52 Å².